The van der Waals surface area contributed by atoms with Crippen molar-refractivity contribution in [2.75, 3.05) is 6.54 Å². The first-order valence-electron chi connectivity index (χ1n) is 6.34. The van der Waals surface area contributed by atoms with Crippen molar-refractivity contribution in [3.8, 4) is 6.07 Å². The van der Waals surface area contributed by atoms with Gasteiger partial charge in [-0.05, 0) is 55.5 Å². The summed E-state index contributed by atoms with van der Waals surface area (Å²) >= 11 is 0. The maximum Gasteiger partial charge on any atom is 0.123 e. The number of nitrogens with one attached hydrogen (secondary N) is 1. The van der Waals surface area contributed by atoms with Gasteiger partial charge in [0.25, 0.3) is 0 Å². The third kappa shape index (κ3) is 3.41. The van der Waals surface area contributed by atoms with E-state index >= 15 is 0 Å². The topological polar surface area (TPSA) is 35.8 Å². The first kappa shape index (κ1) is 12.8. The van der Waals surface area contributed by atoms with Crippen LogP contribution in [0.5, 0.6) is 0 Å². The highest BCUT2D eigenvalue weighted by atomic mass is 19.1. The van der Waals surface area contributed by atoms with Gasteiger partial charge in [0.1, 0.15) is 5.82 Å². The summed E-state index contributed by atoms with van der Waals surface area (Å²) in [4.78, 5) is 0. The van der Waals surface area contributed by atoms with Gasteiger partial charge in [-0.1, -0.05) is 12.2 Å². The van der Waals surface area contributed by atoms with E-state index < -0.39 is 0 Å². The molecule has 2 rings (SSSR count). The molecule has 94 valence electrons. The summed E-state index contributed by atoms with van der Waals surface area (Å²) in [7, 11) is 0. The van der Waals surface area contributed by atoms with E-state index in [-0.39, 0.29) is 5.82 Å². The minimum absolute atomic E-state index is 0.286. The molecule has 1 aliphatic carbocycles. The first-order valence-corrected chi connectivity index (χ1v) is 6.34. The number of hydrogen-bond donors (Lipinski definition) is 1. The van der Waals surface area contributed by atoms with Crippen molar-refractivity contribution < 1.29 is 4.39 Å². The molecule has 3 heteroatoms. The molecule has 0 saturated heterocycles. The molecule has 0 spiro atoms. The van der Waals surface area contributed by atoms with E-state index in [1.54, 1.807) is 0 Å². The van der Waals surface area contributed by atoms with Gasteiger partial charge in [-0.3, -0.25) is 0 Å². The number of rotatable bonds is 4. The summed E-state index contributed by atoms with van der Waals surface area (Å²) in [5.74, 6) is 0.375. The van der Waals surface area contributed by atoms with E-state index in [1.165, 1.54) is 24.6 Å². The molecular formula is C15H17FN2. The third-order valence-electron chi connectivity index (χ3n) is 3.31. The van der Waals surface area contributed by atoms with Crippen molar-refractivity contribution in [3.63, 3.8) is 0 Å². The van der Waals surface area contributed by atoms with Crippen molar-refractivity contribution in [2.24, 2.45) is 5.92 Å². The van der Waals surface area contributed by atoms with Gasteiger partial charge in [-0.25, -0.2) is 4.39 Å². The molecule has 0 heterocycles. The number of nitriles is 1. The Balaban J connectivity index is 1.88. The van der Waals surface area contributed by atoms with Crippen LogP contribution in [0.1, 0.15) is 30.4 Å². The largest absolute Gasteiger partial charge is 0.312 e. The monoisotopic (exact) mass is 244 g/mol. The van der Waals surface area contributed by atoms with Crippen LogP contribution in [0, 0.1) is 23.1 Å². The average Bonchev–Trinajstić information content (AvgIpc) is 2.40. The third-order valence-corrected chi connectivity index (χ3v) is 3.31. The van der Waals surface area contributed by atoms with Gasteiger partial charge in [0.2, 0.25) is 0 Å². The quantitative estimate of drug-likeness (QED) is 0.826. The lowest BCUT2D eigenvalue weighted by Crippen LogP contribution is -2.23. The van der Waals surface area contributed by atoms with Gasteiger partial charge in [0.15, 0.2) is 0 Å². The van der Waals surface area contributed by atoms with E-state index in [9.17, 15) is 4.39 Å². The van der Waals surface area contributed by atoms with Crippen molar-refractivity contribution >= 4 is 0 Å². The summed E-state index contributed by atoms with van der Waals surface area (Å²) < 4.78 is 13.1. The van der Waals surface area contributed by atoms with Gasteiger partial charge < -0.3 is 5.32 Å². The Morgan fingerprint density at radius 1 is 1.39 bits per heavy atom. The van der Waals surface area contributed by atoms with Crippen LogP contribution >= 0.6 is 0 Å². The maximum atomic E-state index is 13.1. The average molecular weight is 244 g/mol. The standard InChI is InChI=1S/C15H17FN2/c16-15-7-6-13(9-17)14(8-15)11-18-10-12-4-2-1-3-5-12/h1-2,6-8,12,18H,3-5,10-11H2. The molecule has 0 bridgehead atoms. The number of nitrogens with zero attached hydrogens (tertiary/aromatic N) is 1. The van der Waals surface area contributed by atoms with E-state index in [1.807, 2.05) is 0 Å². The Morgan fingerprint density at radius 2 is 2.28 bits per heavy atom. The van der Waals surface area contributed by atoms with Crippen LogP contribution in [0.4, 0.5) is 4.39 Å². The Kier molecular flexibility index (Phi) is 4.49. The Bertz CT molecular complexity index is 474. The second kappa shape index (κ2) is 6.32. The SMILES string of the molecule is N#Cc1ccc(F)cc1CNCC1CC=CCC1. The van der Waals surface area contributed by atoms with Crippen molar-refractivity contribution in [3.05, 3.63) is 47.3 Å². The fourth-order valence-electron chi connectivity index (χ4n) is 2.27. The first-order chi connectivity index (χ1) is 8.79. The van der Waals surface area contributed by atoms with Gasteiger partial charge in [-0.2, -0.15) is 5.26 Å². The molecule has 1 atom stereocenters. The molecular weight excluding hydrogens is 227 g/mol. The minimum atomic E-state index is -0.286. The molecule has 0 amide bonds. The molecule has 1 N–H and O–H groups in total. The highest BCUT2D eigenvalue weighted by molar-refractivity contribution is 5.37. The highest BCUT2D eigenvalue weighted by Gasteiger charge is 2.10. The molecule has 1 aromatic carbocycles. The van der Waals surface area contributed by atoms with Crippen LogP contribution in [0.25, 0.3) is 0 Å². The Morgan fingerprint density at radius 3 is 3.00 bits per heavy atom. The molecule has 0 saturated carbocycles. The smallest absolute Gasteiger partial charge is 0.123 e. The van der Waals surface area contributed by atoms with Gasteiger partial charge >= 0.3 is 0 Å². The normalized spacial score (nSPS) is 18.6. The summed E-state index contributed by atoms with van der Waals surface area (Å²) in [6, 6.07) is 6.39. The fraction of sp³-hybridized carbons (Fsp3) is 0.400. The van der Waals surface area contributed by atoms with Crippen molar-refractivity contribution in [1.82, 2.24) is 5.32 Å². The predicted octanol–water partition coefficient (Wildman–Crippen LogP) is 3.14. The zero-order valence-corrected chi connectivity index (χ0v) is 10.3. The lowest BCUT2D eigenvalue weighted by Gasteiger charge is -2.18. The van der Waals surface area contributed by atoms with Crippen LogP contribution in [0.15, 0.2) is 30.4 Å². The molecule has 0 aliphatic heterocycles. The van der Waals surface area contributed by atoms with E-state index in [2.05, 4.69) is 23.5 Å². The summed E-state index contributed by atoms with van der Waals surface area (Å²) in [6.07, 6.45) is 7.91. The highest BCUT2D eigenvalue weighted by Crippen LogP contribution is 2.17. The number of benzene rings is 1. The lowest BCUT2D eigenvalue weighted by atomic mass is 9.94. The molecule has 0 fully saturated rings. The van der Waals surface area contributed by atoms with Gasteiger partial charge in [0.05, 0.1) is 11.6 Å². The molecule has 2 nitrogen and oxygen atoms in total. The molecule has 0 radical (unpaired) electrons. The van der Waals surface area contributed by atoms with Gasteiger partial charge in [-0.15, -0.1) is 0 Å². The number of allylic oxidation sites excluding steroid dienone is 2. The fourth-order valence-corrected chi connectivity index (χ4v) is 2.27. The van der Waals surface area contributed by atoms with Crippen LogP contribution in [0.2, 0.25) is 0 Å². The summed E-state index contributed by atoms with van der Waals surface area (Å²) in [5, 5.41) is 12.3. The van der Waals surface area contributed by atoms with Crippen LogP contribution < -0.4 is 5.32 Å². The molecule has 1 aliphatic rings. The zero-order valence-electron chi connectivity index (χ0n) is 10.3. The predicted molar refractivity (Wildman–Crippen MR) is 69.3 cm³/mol. The molecule has 0 aromatic heterocycles. The molecule has 1 aromatic rings. The number of halogens is 1. The summed E-state index contributed by atoms with van der Waals surface area (Å²) in [6.45, 7) is 1.48. The second-order valence-corrected chi connectivity index (χ2v) is 4.69. The van der Waals surface area contributed by atoms with Gasteiger partial charge in [0, 0.05) is 6.54 Å². The zero-order chi connectivity index (χ0) is 12.8. The minimum Gasteiger partial charge on any atom is -0.312 e. The molecule has 1 unspecified atom stereocenters. The van der Waals surface area contributed by atoms with Crippen LogP contribution in [-0.2, 0) is 6.54 Å². The Labute approximate surface area is 107 Å². The number of hydrogen-bond acceptors (Lipinski definition) is 2. The lowest BCUT2D eigenvalue weighted by molar-refractivity contribution is 0.440. The van der Waals surface area contributed by atoms with E-state index in [0.29, 0.717) is 18.0 Å². The van der Waals surface area contributed by atoms with E-state index in [0.717, 1.165) is 24.9 Å². The van der Waals surface area contributed by atoms with E-state index in [4.69, 9.17) is 5.26 Å². The van der Waals surface area contributed by atoms with Crippen molar-refractivity contribution in [2.45, 2.75) is 25.8 Å². The van der Waals surface area contributed by atoms with Crippen LogP contribution in [-0.4, -0.2) is 6.54 Å². The Hall–Kier alpha value is -1.66. The maximum absolute atomic E-state index is 13.1. The van der Waals surface area contributed by atoms with Crippen LogP contribution in [0.3, 0.4) is 0 Å². The molecule has 18 heavy (non-hydrogen) atoms. The van der Waals surface area contributed by atoms with Crippen molar-refractivity contribution in [1.29, 1.82) is 5.26 Å². The second-order valence-electron chi connectivity index (χ2n) is 4.69. The summed E-state index contributed by atoms with van der Waals surface area (Å²) in [5.41, 5.74) is 1.29.